The first-order chi connectivity index (χ1) is 6.11. The molecular weight excluding hydrogens is 174 g/mol. The van der Waals surface area contributed by atoms with Crippen LogP contribution < -0.4 is 5.73 Å². The Bertz CT molecular complexity index is 146. The lowest BCUT2D eigenvalue weighted by atomic mass is 9.92. The van der Waals surface area contributed by atoms with Crippen LogP contribution in [0.1, 0.15) is 13.3 Å². The lowest BCUT2D eigenvalue weighted by Crippen LogP contribution is -2.61. The normalized spacial score (nSPS) is 46.4. The summed E-state index contributed by atoms with van der Waals surface area (Å²) in [7, 11) is 0. The molecule has 5 nitrogen and oxygen atoms in total. The fourth-order valence-corrected chi connectivity index (χ4v) is 1.58. The molecule has 0 unspecified atom stereocenters. The van der Waals surface area contributed by atoms with Crippen LogP contribution in [0.3, 0.4) is 0 Å². The molecule has 0 spiro atoms. The van der Waals surface area contributed by atoms with Crippen molar-refractivity contribution in [3.63, 3.8) is 0 Å². The summed E-state index contributed by atoms with van der Waals surface area (Å²) in [6.45, 7) is 1.57. The van der Waals surface area contributed by atoms with Gasteiger partial charge in [0.1, 0.15) is 18.3 Å². The van der Waals surface area contributed by atoms with Crippen LogP contribution in [0.2, 0.25) is 0 Å². The molecule has 1 aliphatic rings. The molecule has 78 valence electrons. The molecule has 1 saturated heterocycles. The highest BCUT2D eigenvalue weighted by Crippen LogP contribution is 2.21. The van der Waals surface area contributed by atoms with Crippen LogP contribution in [-0.4, -0.2) is 52.4 Å². The summed E-state index contributed by atoms with van der Waals surface area (Å²) in [5.41, 5.74) is 5.62. The molecule has 0 radical (unpaired) electrons. The van der Waals surface area contributed by atoms with Crippen molar-refractivity contribution in [2.45, 2.75) is 43.8 Å². The van der Waals surface area contributed by atoms with Gasteiger partial charge in [-0.25, -0.2) is 0 Å². The van der Waals surface area contributed by atoms with E-state index in [0.717, 1.165) is 0 Å². The molecule has 1 rings (SSSR count). The summed E-state index contributed by atoms with van der Waals surface area (Å²) in [6, 6.07) is -0.581. The molecule has 0 aromatic rings. The average molecular weight is 191 g/mol. The zero-order valence-electron chi connectivity index (χ0n) is 7.63. The van der Waals surface area contributed by atoms with Gasteiger partial charge >= 0.3 is 0 Å². The first-order valence-corrected chi connectivity index (χ1v) is 4.49. The van der Waals surface area contributed by atoms with E-state index in [9.17, 15) is 10.2 Å². The fraction of sp³-hybridized carbons (Fsp3) is 1.00. The van der Waals surface area contributed by atoms with Gasteiger partial charge < -0.3 is 25.8 Å². The predicted octanol–water partition coefficient (Wildman–Crippen LogP) is -1.79. The summed E-state index contributed by atoms with van der Waals surface area (Å²) in [5.74, 6) is 0. The molecule has 1 heterocycles. The Kier molecular flexibility index (Phi) is 3.63. The molecule has 0 bridgehead atoms. The smallest absolute Gasteiger partial charge is 0.110 e. The second-order valence-corrected chi connectivity index (χ2v) is 3.36. The number of aliphatic hydroxyl groups excluding tert-OH is 3. The van der Waals surface area contributed by atoms with Gasteiger partial charge in [0.2, 0.25) is 0 Å². The molecule has 0 aromatic carbocycles. The fourth-order valence-electron chi connectivity index (χ4n) is 1.58. The van der Waals surface area contributed by atoms with E-state index in [-0.39, 0.29) is 12.7 Å². The minimum atomic E-state index is -1.09. The molecule has 5 atom stereocenters. The minimum absolute atomic E-state index is 0.296. The zero-order valence-corrected chi connectivity index (χ0v) is 7.63. The Hall–Kier alpha value is -0.200. The minimum Gasteiger partial charge on any atom is -0.394 e. The van der Waals surface area contributed by atoms with Gasteiger partial charge in [-0.1, -0.05) is 6.92 Å². The van der Waals surface area contributed by atoms with Crippen molar-refractivity contribution >= 4 is 0 Å². The van der Waals surface area contributed by atoms with Crippen LogP contribution in [0.25, 0.3) is 0 Å². The third kappa shape index (κ3) is 2.00. The largest absolute Gasteiger partial charge is 0.394 e. The van der Waals surface area contributed by atoms with Gasteiger partial charge in [-0.05, 0) is 6.42 Å². The number of hydrogen-bond acceptors (Lipinski definition) is 5. The van der Waals surface area contributed by atoms with Crippen molar-refractivity contribution < 1.29 is 20.1 Å². The number of hydrogen-bond donors (Lipinski definition) is 4. The average Bonchev–Trinajstić information content (AvgIpc) is 2.15. The van der Waals surface area contributed by atoms with Gasteiger partial charge in [-0.3, -0.25) is 0 Å². The first kappa shape index (κ1) is 10.9. The summed E-state index contributed by atoms with van der Waals surface area (Å²) >= 11 is 0. The first-order valence-electron chi connectivity index (χ1n) is 4.49. The Morgan fingerprint density at radius 3 is 2.31 bits per heavy atom. The third-order valence-corrected chi connectivity index (χ3v) is 2.49. The van der Waals surface area contributed by atoms with Gasteiger partial charge in [0.15, 0.2) is 0 Å². The van der Waals surface area contributed by atoms with Gasteiger partial charge in [-0.15, -0.1) is 0 Å². The van der Waals surface area contributed by atoms with Gasteiger partial charge in [0, 0.05) is 0 Å². The van der Waals surface area contributed by atoms with E-state index in [4.69, 9.17) is 15.6 Å². The molecule has 5 heteroatoms. The van der Waals surface area contributed by atoms with Crippen LogP contribution >= 0.6 is 0 Å². The number of ether oxygens (including phenoxy) is 1. The maximum atomic E-state index is 9.48. The molecule has 0 amide bonds. The van der Waals surface area contributed by atoms with Crippen LogP contribution in [-0.2, 0) is 4.74 Å². The molecule has 1 aliphatic heterocycles. The van der Waals surface area contributed by atoms with Crippen molar-refractivity contribution in [1.29, 1.82) is 0 Å². The van der Waals surface area contributed by atoms with Crippen LogP contribution in [0.15, 0.2) is 0 Å². The van der Waals surface area contributed by atoms with Crippen molar-refractivity contribution in [2.75, 3.05) is 6.61 Å². The zero-order chi connectivity index (χ0) is 10.0. The van der Waals surface area contributed by atoms with Crippen molar-refractivity contribution in [1.82, 2.24) is 0 Å². The summed E-state index contributed by atoms with van der Waals surface area (Å²) in [4.78, 5) is 0. The van der Waals surface area contributed by atoms with Crippen LogP contribution in [0.5, 0.6) is 0 Å². The molecular formula is C8H17NO4. The quantitative estimate of drug-likeness (QED) is 0.413. The molecule has 0 aromatic heterocycles. The summed E-state index contributed by atoms with van der Waals surface area (Å²) < 4.78 is 5.29. The van der Waals surface area contributed by atoms with E-state index in [0.29, 0.717) is 6.42 Å². The Labute approximate surface area is 77.1 Å². The predicted molar refractivity (Wildman–Crippen MR) is 46.0 cm³/mol. The van der Waals surface area contributed by atoms with E-state index < -0.39 is 24.4 Å². The van der Waals surface area contributed by atoms with E-state index in [2.05, 4.69) is 0 Å². The Morgan fingerprint density at radius 1 is 1.23 bits per heavy atom. The van der Waals surface area contributed by atoms with Crippen molar-refractivity contribution in [2.24, 2.45) is 5.73 Å². The maximum Gasteiger partial charge on any atom is 0.110 e. The Balaban J connectivity index is 2.66. The maximum absolute atomic E-state index is 9.48. The Morgan fingerprint density at radius 2 is 1.85 bits per heavy atom. The van der Waals surface area contributed by atoms with E-state index in [1.807, 2.05) is 6.92 Å². The summed E-state index contributed by atoms with van der Waals surface area (Å²) in [6.07, 6.45) is -2.48. The van der Waals surface area contributed by atoms with Crippen molar-refractivity contribution in [3.05, 3.63) is 0 Å². The highest BCUT2D eigenvalue weighted by atomic mass is 16.5. The monoisotopic (exact) mass is 191 g/mol. The van der Waals surface area contributed by atoms with E-state index >= 15 is 0 Å². The number of nitrogens with two attached hydrogens (primary N) is 1. The van der Waals surface area contributed by atoms with Crippen molar-refractivity contribution in [3.8, 4) is 0 Å². The lowest BCUT2D eigenvalue weighted by Gasteiger charge is -2.40. The number of rotatable bonds is 2. The van der Waals surface area contributed by atoms with E-state index in [1.54, 1.807) is 0 Å². The molecule has 13 heavy (non-hydrogen) atoms. The van der Waals surface area contributed by atoms with Crippen LogP contribution in [0.4, 0.5) is 0 Å². The van der Waals surface area contributed by atoms with E-state index in [1.165, 1.54) is 0 Å². The van der Waals surface area contributed by atoms with Crippen LogP contribution in [0, 0.1) is 0 Å². The number of aliphatic hydroxyl groups is 3. The standard InChI is InChI=1S/C8H17NO4/c1-2-4-6(9)8(12)7(11)5(3-10)13-4/h4-8,10-12H,2-3,9H2,1H3/t4-,5+,6-,7+,8+/m0/s1. The molecule has 1 fully saturated rings. The third-order valence-electron chi connectivity index (χ3n) is 2.49. The second-order valence-electron chi connectivity index (χ2n) is 3.36. The lowest BCUT2D eigenvalue weighted by molar-refractivity contribution is -0.189. The van der Waals surface area contributed by atoms with Gasteiger partial charge in [0.05, 0.1) is 18.8 Å². The van der Waals surface area contributed by atoms with Gasteiger partial charge in [0.25, 0.3) is 0 Å². The summed E-state index contributed by atoms with van der Waals surface area (Å²) in [5, 5.41) is 27.7. The SMILES string of the molecule is CC[C@@H]1O[C@H](CO)[C@@H](O)[C@H](O)[C@H]1N. The highest BCUT2D eigenvalue weighted by molar-refractivity contribution is 4.93. The second kappa shape index (κ2) is 4.34. The molecule has 5 N–H and O–H groups in total. The highest BCUT2D eigenvalue weighted by Gasteiger charge is 2.41. The molecule has 0 aliphatic carbocycles. The molecule has 0 saturated carbocycles. The van der Waals surface area contributed by atoms with Gasteiger partial charge in [-0.2, -0.15) is 0 Å². The topological polar surface area (TPSA) is 95.9 Å².